The number of ketones is 1. The maximum absolute atomic E-state index is 12.2. The summed E-state index contributed by atoms with van der Waals surface area (Å²) in [6.07, 6.45) is 4.88. The van der Waals surface area contributed by atoms with Crippen LogP contribution in [0.25, 0.3) is 0 Å². The van der Waals surface area contributed by atoms with Crippen molar-refractivity contribution in [2.75, 3.05) is 5.73 Å². The van der Waals surface area contributed by atoms with Gasteiger partial charge in [0, 0.05) is 25.6 Å². The van der Waals surface area contributed by atoms with Crippen molar-refractivity contribution in [3.05, 3.63) is 41.6 Å². The van der Waals surface area contributed by atoms with Crippen LogP contribution in [-0.4, -0.2) is 20.3 Å². The Bertz CT molecular complexity index is 524. The Hall–Kier alpha value is -2.17. The van der Waals surface area contributed by atoms with Gasteiger partial charge in [0.25, 0.3) is 0 Å². The molecule has 0 aromatic carbocycles. The number of aryl methyl sites for hydroxylation is 2. The van der Waals surface area contributed by atoms with Crippen LogP contribution in [0.5, 0.6) is 0 Å². The maximum atomic E-state index is 12.2. The molecule has 0 bridgehead atoms. The lowest BCUT2D eigenvalue weighted by molar-refractivity contribution is 0.102. The highest BCUT2D eigenvalue weighted by molar-refractivity contribution is 6.10. The van der Waals surface area contributed by atoms with Crippen molar-refractivity contribution >= 4 is 11.6 Å². The van der Waals surface area contributed by atoms with Gasteiger partial charge in [0.05, 0.1) is 5.56 Å². The molecule has 0 saturated heterocycles. The van der Waals surface area contributed by atoms with Gasteiger partial charge in [-0.3, -0.25) is 4.79 Å². The van der Waals surface area contributed by atoms with Gasteiger partial charge in [-0.1, -0.05) is 0 Å². The van der Waals surface area contributed by atoms with Gasteiger partial charge in [-0.25, -0.2) is 9.97 Å². The zero-order valence-electron chi connectivity index (χ0n) is 9.14. The number of anilines is 1. The lowest BCUT2D eigenvalue weighted by Gasteiger charge is -2.06. The van der Waals surface area contributed by atoms with E-state index in [9.17, 15) is 4.79 Å². The van der Waals surface area contributed by atoms with Crippen LogP contribution in [0.1, 0.15) is 21.7 Å². The number of hydrogen-bond acceptors (Lipinski definition) is 4. The monoisotopic (exact) mass is 216 g/mol. The lowest BCUT2D eigenvalue weighted by Crippen LogP contribution is -2.13. The summed E-state index contributed by atoms with van der Waals surface area (Å²) in [7, 11) is 1.77. The zero-order chi connectivity index (χ0) is 11.7. The number of hydrogen-bond donors (Lipinski definition) is 1. The topological polar surface area (TPSA) is 73.8 Å². The average molecular weight is 216 g/mol. The molecule has 16 heavy (non-hydrogen) atoms. The normalized spacial score (nSPS) is 10.4. The average Bonchev–Trinajstić information content (AvgIpc) is 2.64. The van der Waals surface area contributed by atoms with Crippen LogP contribution in [0.4, 0.5) is 5.82 Å². The van der Waals surface area contributed by atoms with E-state index in [1.165, 1.54) is 0 Å². The van der Waals surface area contributed by atoms with E-state index in [4.69, 9.17) is 5.73 Å². The van der Waals surface area contributed by atoms with E-state index in [0.717, 1.165) is 5.56 Å². The predicted octanol–water partition coefficient (Wildman–Crippen LogP) is 0.937. The highest BCUT2D eigenvalue weighted by Crippen LogP contribution is 2.17. The number of rotatable bonds is 2. The fourth-order valence-electron chi connectivity index (χ4n) is 1.57. The Morgan fingerprint density at radius 1 is 1.38 bits per heavy atom. The van der Waals surface area contributed by atoms with Crippen LogP contribution >= 0.6 is 0 Å². The largest absolute Gasteiger partial charge is 0.383 e. The first kappa shape index (κ1) is 10.4. The molecule has 2 aromatic rings. The SMILES string of the molecule is Cc1ccnc(N)c1C(=O)c1nccn1C. The summed E-state index contributed by atoms with van der Waals surface area (Å²) < 4.78 is 1.66. The second-order valence-corrected chi connectivity index (χ2v) is 3.58. The summed E-state index contributed by atoms with van der Waals surface area (Å²) in [6, 6.07) is 1.76. The molecule has 5 heteroatoms. The highest BCUT2D eigenvalue weighted by atomic mass is 16.1. The van der Waals surface area contributed by atoms with Crippen LogP contribution in [0, 0.1) is 6.92 Å². The highest BCUT2D eigenvalue weighted by Gasteiger charge is 2.19. The van der Waals surface area contributed by atoms with Gasteiger partial charge >= 0.3 is 0 Å². The Labute approximate surface area is 92.9 Å². The summed E-state index contributed by atoms with van der Waals surface area (Å²) in [5.41, 5.74) is 6.94. The fourth-order valence-corrected chi connectivity index (χ4v) is 1.57. The molecule has 2 N–H and O–H groups in total. The van der Waals surface area contributed by atoms with Crippen molar-refractivity contribution in [2.24, 2.45) is 7.05 Å². The molecular formula is C11H12N4O. The van der Waals surface area contributed by atoms with Gasteiger partial charge in [-0.2, -0.15) is 0 Å². The quantitative estimate of drug-likeness (QED) is 0.758. The van der Waals surface area contributed by atoms with Crippen molar-refractivity contribution in [1.82, 2.24) is 14.5 Å². The fraction of sp³-hybridized carbons (Fsp3) is 0.182. The second kappa shape index (κ2) is 3.77. The number of carbonyl (C=O) groups is 1. The molecule has 0 radical (unpaired) electrons. The number of pyridine rings is 1. The van der Waals surface area contributed by atoms with E-state index < -0.39 is 0 Å². The molecule has 0 fully saturated rings. The number of nitrogen functional groups attached to an aromatic ring is 1. The van der Waals surface area contributed by atoms with E-state index in [1.807, 2.05) is 6.92 Å². The molecule has 2 aromatic heterocycles. The summed E-state index contributed by atoms with van der Waals surface area (Å²) in [4.78, 5) is 20.1. The third-order valence-electron chi connectivity index (χ3n) is 2.44. The van der Waals surface area contributed by atoms with Crippen LogP contribution < -0.4 is 5.73 Å². The van der Waals surface area contributed by atoms with E-state index in [2.05, 4.69) is 9.97 Å². The van der Waals surface area contributed by atoms with E-state index in [-0.39, 0.29) is 11.6 Å². The lowest BCUT2D eigenvalue weighted by atomic mass is 10.1. The molecule has 0 amide bonds. The third-order valence-corrected chi connectivity index (χ3v) is 2.44. The van der Waals surface area contributed by atoms with Crippen molar-refractivity contribution in [1.29, 1.82) is 0 Å². The second-order valence-electron chi connectivity index (χ2n) is 3.58. The van der Waals surface area contributed by atoms with Crippen molar-refractivity contribution in [2.45, 2.75) is 6.92 Å². The molecule has 0 aliphatic rings. The molecule has 5 nitrogen and oxygen atoms in total. The molecule has 0 atom stereocenters. The molecule has 0 aliphatic heterocycles. The molecule has 0 unspecified atom stereocenters. The molecule has 0 aliphatic carbocycles. The Kier molecular flexibility index (Phi) is 2.44. The minimum absolute atomic E-state index is 0.199. The number of aromatic nitrogens is 3. The van der Waals surface area contributed by atoms with Crippen LogP contribution in [0.3, 0.4) is 0 Å². The summed E-state index contributed by atoms with van der Waals surface area (Å²) in [6.45, 7) is 1.83. The maximum Gasteiger partial charge on any atom is 0.232 e. The Balaban J connectivity index is 2.54. The smallest absolute Gasteiger partial charge is 0.232 e. The van der Waals surface area contributed by atoms with Gasteiger partial charge in [0.1, 0.15) is 5.82 Å². The predicted molar refractivity (Wildman–Crippen MR) is 60.0 cm³/mol. The number of carbonyl (C=O) groups excluding carboxylic acids is 1. The number of imidazole rings is 1. The van der Waals surface area contributed by atoms with Gasteiger partial charge in [0.15, 0.2) is 5.82 Å². The van der Waals surface area contributed by atoms with Crippen molar-refractivity contribution in [3.63, 3.8) is 0 Å². The van der Waals surface area contributed by atoms with Crippen molar-refractivity contribution in [3.8, 4) is 0 Å². The van der Waals surface area contributed by atoms with Gasteiger partial charge in [-0.15, -0.1) is 0 Å². The standard InChI is InChI=1S/C11H12N4O/c1-7-3-4-13-10(12)8(7)9(16)11-14-5-6-15(11)2/h3-6H,1-2H3,(H2,12,13). The molecular weight excluding hydrogens is 204 g/mol. The molecule has 82 valence electrons. The molecule has 2 rings (SSSR count). The van der Waals surface area contributed by atoms with Gasteiger partial charge in [-0.05, 0) is 18.6 Å². The van der Waals surface area contributed by atoms with Crippen LogP contribution in [-0.2, 0) is 7.05 Å². The first-order valence-corrected chi connectivity index (χ1v) is 4.84. The summed E-state index contributed by atoms with van der Waals surface area (Å²) in [5, 5.41) is 0. The third kappa shape index (κ3) is 1.56. The van der Waals surface area contributed by atoms with E-state index in [1.54, 1.807) is 36.3 Å². The van der Waals surface area contributed by atoms with Crippen molar-refractivity contribution < 1.29 is 4.79 Å². The van der Waals surface area contributed by atoms with E-state index in [0.29, 0.717) is 11.4 Å². The van der Waals surface area contributed by atoms with Gasteiger partial charge in [0.2, 0.25) is 5.78 Å². The summed E-state index contributed by atoms with van der Waals surface area (Å²) in [5.74, 6) is 0.409. The minimum Gasteiger partial charge on any atom is -0.383 e. The van der Waals surface area contributed by atoms with Crippen LogP contribution in [0.2, 0.25) is 0 Å². The first-order valence-electron chi connectivity index (χ1n) is 4.84. The van der Waals surface area contributed by atoms with Crippen LogP contribution in [0.15, 0.2) is 24.7 Å². The summed E-state index contributed by atoms with van der Waals surface area (Å²) >= 11 is 0. The number of nitrogens with zero attached hydrogens (tertiary/aromatic N) is 3. The Morgan fingerprint density at radius 2 is 2.12 bits per heavy atom. The Morgan fingerprint density at radius 3 is 2.69 bits per heavy atom. The zero-order valence-corrected chi connectivity index (χ0v) is 9.14. The first-order chi connectivity index (χ1) is 7.61. The molecule has 0 saturated carbocycles. The molecule has 0 spiro atoms. The van der Waals surface area contributed by atoms with E-state index >= 15 is 0 Å². The van der Waals surface area contributed by atoms with Gasteiger partial charge < -0.3 is 10.3 Å². The minimum atomic E-state index is -0.199. The molecule has 2 heterocycles. The number of nitrogens with two attached hydrogens (primary N) is 1.